The van der Waals surface area contributed by atoms with Gasteiger partial charge in [0.2, 0.25) is 5.82 Å². The highest BCUT2D eigenvalue weighted by molar-refractivity contribution is 5.90. The second kappa shape index (κ2) is 3.82. The van der Waals surface area contributed by atoms with Crippen LogP contribution in [0.3, 0.4) is 0 Å². The highest BCUT2D eigenvalue weighted by Gasteiger charge is 2.10. The lowest BCUT2D eigenvalue weighted by atomic mass is 10.3. The monoisotopic (exact) mass is 170 g/mol. The van der Waals surface area contributed by atoms with Gasteiger partial charge in [-0.1, -0.05) is 0 Å². The molecule has 0 aromatic carbocycles. The fourth-order valence-corrected chi connectivity index (χ4v) is 0.653. The van der Waals surface area contributed by atoms with Crippen molar-refractivity contribution >= 4 is 5.91 Å². The van der Waals surface area contributed by atoms with Crippen molar-refractivity contribution < 1.29 is 9.90 Å². The van der Waals surface area contributed by atoms with Crippen molar-refractivity contribution in [3.63, 3.8) is 0 Å². The van der Waals surface area contributed by atoms with E-state index in [0.717, 1.165) is 0 Å². The standard InChI is InChI=1S/C6H10N4O2/c1-4(2-11)9-6(12)5-7-3-8-10-5/h3-4,11H,2H2,1H3,(H,9,12)(H,7,8,10)/t4-/m1/s1. The van der Waals surface area contributed by atoms with E-state index in [0.29, 0.717) is 0 Å². The minimum atomic E-state index is -0.367. The van der Waals surface area contributed by atoms with Gasteiger partial charge in [-0.15, -0.1) is 0 Å². The van der Waals surface area contributed by atoms with Gasteiger partial charge in [0.05, 0.1) is 6.61 Å². The minimum Gasteiger partial charge on any atom is -0.394 e. The van der Waals surface area contributed by atoms with E-state index in [4.69, 9.17) is 5.11 Å². The third-order valence-corrected chi connectivity index (χ3v) is 1.28. The zero-order valence-electron chi connectivity index (χ0n) is 6.61. The maximum absolute atomic E-state index is 11.1. The minimum absolute atomic E-state index is 0.0973. The fraction of sp³-hybridized carbons (Fsp3) is 0.500. The molecule has 0 saturated carbocycles. The summed E-state index contributed by atoms with van der Waals surface area (Å²) in [5.41, 5.74) is 0. The Bertz CT molecular complexity index is 246. The van der Waals surface area contributed by atoms with Gasteiger partial charge in [0.1, 0.15) is 6.33 Å². The van der Waals surface area contributed by atoms with Crippen LogP contribution < -0.4 is 5.32 Å². The average Bonchev–Trinajstić information content (AvgIpc) is 2.56. The molecule has 0 fully saturated rings. The largest absolute Gasteiger partial charge is 0.394 e. The molecule has 1 aromatic rings. The summed E-state index contributed by atoms with van der Waals surface area (Å²) in [7, 11) is 0. The molecule has 0 saturated heterocycles. The van der Waals surface area contributed by atoms with E-state index in [1.807, 2.05) is 0 Å². The lowest BCUT2D eigenvalue weighted by molar-refractivity contribution is 0.0912. The summed E-state index contributed by atoms with van der Waals surface area (Å²) in [6, 6.07) is -0.275. The van der Waals surface area contributed by atoms with E-state index in [1.165, 1.54) is 6.33 Å². The summed E-state index contributed by atoms with van der Waals surface area (Å²) in [5.74, 6) is -0.218. The van der Waals surface area contributed by atoms with Crippen molar-refractivity contribution in [2.45, 2.75) is 13.0 Å². The zero-order valence-corrected chi connectivity index (χ0v) is 6.61. The number of nitrogens with zero attached hydrogens (tertiary/aromatic N) is 2. The number of rotatable bonds is 3. The molecule has 0 aliphatic heterocycles. The quantitative estimate of drug-likeness (QED) is 0.538. The Morgan fingerprint density at radius 1 is 1.92 bits per heavy atom. The normalized spacial score (nSPS) is 12.5. The van der Waals surface area contributed by atoms with Crippen LogP contribution >= 0.6 is 0 Å². The lowest BCUT2D eigenvalue weighted by Crippen LogP contribution is -2.35. The Morgan fingerprint density at radius 3 is 3.17 bits per heavy atom. The van der Waals surface area contributed by atoms with E-state index < -0.39 is 0 Å². The van der Waals surface area contributed by atoms with E-state index in [9.17, 15) is 4.79 Å². The van der Waals surface area contributed by atoms with E-state index in [1.54, 1.807) is 6.92 Å². The number of aliphatic hydroxyl groups is 1. The smallest absolute Gasteiger partial charge is 0.288 e. The molecular weight excluding hydrogens is 160 g/mol. The van der Waals surface area contributed by atoms with E-state index in [-0.39, 0.29) is 24.4 Å². The molecule has 0 radical (unpaired) electrons. The number of carbonyl (C=O) groups excluding carboxylic acids is 1. The summed E-state index contributed by atoms with van der Waals surface area (Å²) in [6.07, 6.45) is 1.25. The molecular formula is C6H10N4O2. The molecule has 6 nitrogen and oxygen atoms in total. The molecule has 0 aliphatic carbocycles. The molecule has 0 unspecified atom stereocenters. The van der Waals surface area contributed by atoms with Crippen molar-refractivity contribution in [2.24, 2.45) is 0 Å². The predicted octanol–water partition coefficient (Wildman–Crippen LogP) is -1.08. The van der Waals surface area contributed by atoms with Crippen LogP contribution in [0.1, 0.15) is 17.5 Å². The molecule has 12 heavy (non-hydrogen) atoms. The SMILES string of the molecule is C[C@H](CO)NC(=O)c1ncn[nH]1. The Hall–Kier alpha value is -1.43. The molecule has 0 bridgehead atoms. The van der Waals surface area contributed by atoms with Gasteiger partial charge in [-0.2, -0.15) is 5.10 Å². The van der Waals surface area contributed by atoms with Crippen molar-refractivity contribution in [2.75, 3.05) is 6.61 Å². The first-order chi connectivity index (χ1) is 5.74. The van der Waals surface area contributed by atoms with Gasteiger partial charge in [-0.25, -0.2) is 4.98 Å². The highest BCUT2D eigenvalue weighted by Crippen LogP contribution is 1.87. The van der Waals surface area contributed by atoms with Crippen molar-refractivity contribution in [3.05, 3.63) is 12.2 Å². The summed E-state index contributed by atoms with van der Waals surface area (Å²) in [5, 5.41) is 17.1. The lowest BCUT2D eigenvalue weighted by Gasteiger charge is -2.07. The van der Waals surface area contributed by atoms with Crippen LogP contribution in [-0.4, -0.2) is 38.8 Å². The van der Waals surface area contributed by atoms with Crippen LogP contribution in [0, 0.1) is 0 Å². The van der Waals surface area contributed by atoms with E-state index >= 15 is 0 Å². The number of aliphatic hydroxyl groups excluding tert-OH is 1. The second-order valence-corrected chi connectivity index (χ2v) is 2.39. The van der Waals surface area contributed by atoms with Gasteiger partial charge in [0.15, 0.2) is 0 Å². The number of aromatic nitrogens is 3. The van der Waals surface area contributed by atoms with Crippen molar-refractivity contribution in [1.82, 2.24) is 20.5 Å². The fourth-order valence-electron chi connectivity index (χ4n) is 0.653. The number of H-pyrrole nitrogens is 1. The number of aromatic amines is 1. The highest BCUT2D eigenvalue weighted by atomic mass is 16.3. The average molecular weight is 170 g/mol. The zero-order chi connectivity index (χ0) is 8.97. The van der Waals surface area contributed by atoms with Crippen LogP contribution in [-0.2, 0) is 0 Å². The van der Waals surface area contributed by atoms with Gasteiger partial charge < -0.3 is 10.4 Å². The van der Waals surface area contributed by atoms with Gasteiger partial charge >= 0.3 is 0 Å². The molecule has 6 heteroatoms. The van der Waals surface area contributed by atoms with Crippen LogP contribution in [0.2, 0.25) is 0 Å². The molecule has 1 heterocycles. The van der Waals surface area contributed by atoms with Gasteiger partial charge in [0, 0.05) is 6.04 Å². The van der Waals surface area contributed by atoms with Crippen molar-refractivity contribution in [1.29, 1.82) is 0 Å². The topological polar surface area (TPSA) is 90.9 Å². The number of hydrogen-bond acceptors (Lipinski definition) is 4. The third-order valence-electron chi connectivity index (χ3n) is 1.28. The first-order valence-corrected chi connectivity index (χ1v) is 3.51. The Labute approximate surface area is 69.0 Å². The second-order valence-electron chi connectivity index (χ2n) is 2.39. The number of hydrogen-bond donors (Lipinski definition) is 3. The summed E-state index contributed by atoms with van der Waals surface area (Å²) < 4.78 is 0. The molecule has 0 aliphatic rings. The van der Waals surface area contributed by atoms with Gasteiger partial charge in [-0.05, 0) is 6.92 Å². The number of amides is 1. The first-order valence-electron chi connectivity index (χ1n) is 3.51. The van der Waals surface area contributed by atoms with Crippen molar-refractivity contribution in [3.8, 4) is 0 Å². The number of carbonyl (C=O) groups is 1. The Balaban J connectivity index is 2.50. The van der Waals surface area contributed by atoms with Gasteiger partial charge in [0.25, 0.3) is 5.91 Å². The van der Waals surface area contributed by atoms with Gasteiger partial charge in [-0.3, -0.25) is 9.89 Å². The molecule has 1 aromatic heterocycles. The Morgan fingerprint density at radius 2 is 2.67 bits per heavy atom. The maximum Gasteiger partial charge on any atom is 0.288 e. The van der Waals surface area contributed by atoms with Crippen LogP contribution in [0.25, 0.3) is 0 Å². The molecule has 66 valence electrons. The van der Waals surface area contributed by atoms with Crippen LogP contribution in [0.4, 0.5) is 0 Å². The number of nitrogens with one attached hydrogen (secondary N) is 2. The van der Waals surface area contributed by atoms with Crippen LogP contribution in [0.5, 0.6) is 0 Å². The molecule has 1 amide bonds. The molecule has 3 N–H and O–H groups in total. The maximum atomic E-state index is 11.1. The van der Waals surface area contributed by atoms with Crippen LogP contribution in [0.15, 0.2) is 6.33 Å². The molecule has 1 rings (SSSR count). The first kappa shape index (κ1) is 8.66. The Kier molecular flexibility index (Phi) is 2.76. The third kappa shape index (κ3) is 2.03. The van der Waals surface area contributed by atoms with E-state index in [2.05, 4.69) is 20.5 Å². The summed E-state index contributed by atoms with van der Waals surface area (Å²) >= 11 is 0. The molecule has 1 atom stereocenters. The predicted molar refractivity (Wildman–Crippen MR) is 40.4 cm³/mol. The summed E-state index contributed by atoms with van der Waals surface area (Å²) in [4.78, 5) is 14.8. The summed E-state index contributed by atoms with van der Waals surface area (Å²) in [6.45, 7) is 1.59. The molecule has 0 spiro atoms.